The fourth-order valence-electron chi connectivity index (χ4n) is 1.57. The van der Waals surface area contributed by atoms with Crippen LogP contribution in [0.15, 0.2) is 0 Å². The average molecular weight is 236 g/mol. The first kappa shape index (κ1) is 12.9. The van der Waals surface area contributed by atoms with Gasteiger partial charge in [0.1, 0.15) is 0 Å². The van der Waals surface area contributed by atoms with E-state index in [2.05, 4.69) is 0 Å². The minimum atomic E-state index is -3.32. The fourth-order valence-corrected chi connectivity index (χ4v) is 2.95. The second-order valence-electron chi connectivity index (χ2n) is 4.01. The molecule has 15 heavy (non-hydrogen) atoms. The molecule has 1 rings (SSSR count). The highest BCUT2D eigenvalue weighted by Gasteiger charge is 2.32. The Bertz CT molecular complexity index is 288. The molecule has 0 atom stereocenters. The van der Waals surface area contributed by atoms with Gasteiger partial charge in [-0.15, -0.1) is 0 Å². The molecule has 0 bridgehead atoms. The molecule has 1 aliphatic rings. The van der Waals surface area contributed by atoms with Crippen LogP contribution in [0.5, 0.6) is 0 Å². The topological polar surface area (TPSA) is 60.9 Å². The van der Waals surface area contributed by atoms with E-state index >= 15 is 0 Å². The van der Waals surface area contributed by atoms with Crippen molar-refractivity contribution in [3.05, 3.63) is 0 Å². The van der Waals surface area contributed by atoms with Gasteiger partial charge in [0.15, 0.2) is 0 Å². The summed E-state index contributed by atoms with van der Waals surface area (Å²) in [4.78, 5) is 0. The van der Waals surface area contributed by atoms with Crippen LogP contribution in [0.2, 0.25) is 0 Å². The summed E-state index contributed by atoms with van der Waals surface area (Å²) in [6.45, 7) is 0.392. The Morgan fingerprint density at radius 2 is 1.93 bits per heavy atom. The lowest BCUT2D eigenvalue weighted by Gasteiger charge is -2.35. The molecule has 5 nitrogen and oxygen atoms in total. The third-order valence-corrected chi connectivity index (χ3v) is 4.97. The van der Waals surface area contributed by atoms with Gasteiger partial charge in [-0.05, 0) is 19.3 Å². The van der Waals surface area contributed by atoms with E-state index in [0.29, 0.717) is 13.0 Å². The van der Waals surface area contributed by atoms with Gasteiger partial charge in [-0.1, -0.05) is 6.42 Å². The maximum atomic E-state index is 11.9. The highest BCUT2D eigenvalue weighted by Crippen LogP contribution is 2.26. The summed E-state index contributed by atoms with van der Waals surface area (Å²) in [7, 11) is -0.127. The van der Waals surface area contributed by atoms with Gasteiger partial charge in [0.25, 0.3) is 10.2 Å². The molecule has 0 saturated heterocycles. The van der Waals surface area contributed by atoms with E-state index in [-0.39, 0.29) is 12.6 Å². The van der Waals surface area contributed by atoms with Gasteiger partial charge < -0.3 is 5.11 Å². The van der Waals surface area contributed by atoms with Crippen LogP contribution in [-0.2, 0) is 10.2 Å². The molecule has 0 aromatic carbocycles. The molecular formula is C9H20N2O3S. The van der Waals surface area contributed by atoms with Gasteiger partial charge in [-0.25, -0.2) is 0 Å². The lowest BCUT2D eigenvalue weighted by Crippen LogP contribution is -2.47. The summed E-state index contributed by atoms with van der Waals surface area (Å²) in [5, 5.41) is 8.65. The summed E-state index contributed by atoms with van der Waals surface area (Å²) < 4.78 is 26.6. The van der Waals surface area contributed by atoms with E-state index in [0.717, 1.165) is 19.3 Å². The summed E-state index contributed by atoms with van der Waals surface area (Å²) in [6.07, 6.45) is 3.52. The second kappa shape index (κ2) is 5.25. The Balaban J connectivity index is 2.55. The van der Waals surface area contributed by atoms with Crippen molar-refractivity contribution in [1.82, 2.24) is 8.61 Å². The molecule has 0 heterocycles. The zero-order valence-electron chi connectivity index (χ0n) is 9.39. The molecule has 1 saturated carbocycles. The normalized spacial score (nSPS) is 18.5. The van der Waals surface area contributed by atoms with Crippen molar-refractivity contribution in [2.45, 2.75) is 31.7 Å². The maximum Gasteiger partial charge on any atom is 0.281 e. The Morgan fingerprint density at radius 1 is 1.33 bits per heavy atom. The van der Waals surface area contributed by atoms with Crippen LogP contribution in [0.3, 0.4) is 0 Å². The van der Waals surface area contributed by atoms with Crippen LogP contribution >= 0.6 is 0 Å². The Labute approximate surface area is 91.9 Å². The predicted molar refractivity (Wildman–Crippen MR) is 58.7 cm³/mol. The second-order valence-corrected chi connectivity index (χ2v) is 6.10. The Morgan fingerprint density at radius 3 is 2.33 bits per heavy atom. The van der Waals surface area contributed by atoms with Crippen molar-refractivity contribution in [1.29, 1.82) is 0 Å². The SMILES string of the molecule is CN(CCCO)S(=O)(=O)N(C)C1CCC1. The number of rotatable bonds is 6. The molecule has 1 fully saturated rings. The van der Waals surface area contributed by atoms with Crippen molar-refractivity contribution in [2.75, 3.05) is 27.2 Å². The monoisotopic (exact) mass is 236 g/mol. The van der Waals surface area contributed by atoms with E-state index in [9.17, 15) is 8.42 Å². The van der Waals surface area contributed by atoms with Crippen molar-refractivity contribution in [2.24, 2.45) is 0 Å². The van der Waals surface area contributed by atoms with Crippen LogP contribution in [0, 0.1) is 0 Å². The van der Waals surface area contributed by atoms with Crippen LogP contribution in [0.1, 0.15) is 25.7 Å². The molecule has 0 aromatic rings. The average Bonchev–Trinajstić information content (AvgIpc) is 2.11. The molecular weight excluding hydrogens is 216 g/mol. The minimum Gasteiger partial charge on any atom is -0.396 e. The first-order chi connectivity index (χ1) is 7.00. The van der Waals surface area contributed by atoms with Gasteiger partial charge in [-0.3, -0.25) is 0 Å². The smallest absolute Gasteiger partial charge is 0.281 e. The molecule has 90 valence electrons. The van der Waals surface area contributed by atoms with Crippen molar-refractivity contribution in [3.63, 3.8) is 0 Å². The molecule has 0 radical (unpaired) electrons. The van der Waals surface area contributed by atoms with E-state index in [1.807, 2.05) is 0 Å². The summed E-state index contributed by atoms with van der Waals surface area (Å²) in [5.74, 6) is 0. The summed E-state index contributed by atoms with van der Waals surface area (Å²) in [6, 6.07) is 0.173. The van der Waals surface area contributed by atoms with E-state index in [4.69, 9.17) is 5.11 Å². The summed E-state index contributed by atoms with van der Waals surface area (Å²) >= 11 is 0. The highest BCUT2D eigenvalue weighted by molar-refractivity contribution is 7.86. The first-order valence-electron chi connectivity index (χ1n) is 5.30. The van der Waals surface area contributed by atoms with E-state index in [1.165, 1.54) is 8.61 Å². The van der Waals surface area contributed by atoms with E-state index in [1.54, 1.807) is 14.1 Å². The van der Waals surface area contributed by atoms with Crippen LogP contribution in [-0.4, -0.2) is 55.4 Å². The fraction of sp³-hybridized carbons (Fsp3) is 1.00. The third kappa shape index (κ3) is 2.90. The van der Waals surface area contributed by atoms with Crippen LogP contribution in [0.25, 0.3) is 0 Å². The van der Waals surface area contributed by atoms with Crippen molar-refractivity contribution < 1.29 is 13.5 Å². The Kier molecular flexibility index (Phi) is 4.51. The molecule has 0 amide bonds. The van der Waals surface area contributed by atoms with Gasteiger partial charge >= 0.3 is 0 Å². The van der Waals surface area contributed by atoms with Crippen molar-refractivity contribution in [3.8, 4) is 0 Å². The molecule has 0 unspecified atom stereocenters. The maximum absolute atomic E-state index is 11.9. The molecule has 1 N–H and O–H groups in total. The number of hydrogen-bond donors (Lipinski definition) is 1. The third-order valence-electron chi connectivity index (χ3n) is 2.98. The van der Waals surface area contributed by atoms with Gasteiger partial charge in [0.05, 0.1) is 0 Å². The van der Waals surface area contributed by atoms with Gasteiger partial charge in [0.2, 0.25) is 0 Å². The van der Waals surface area contributed by atoms with Gasteiger partial charge in [0, 0.05) is 33.3 Å². The minimum absolute atomic E-state index is 0.0208. The lowest BCUT2D eigenvalue weighted by molar-refractivity contribution is 0.231. The molecule has 1 aliphatic carbocycles. The predicted octanol–water partition coefficient (Wildman–Crippen LogP) is 0.0297. The molecule has 6 heteroatoms. The van der Waals surface area contributed by atoms with Gasteiger partial charge in [-0.2, -0.15) is 17.0 Å². The van der Waals surface area contributed by atoms with Crippen molar-refractivity contribution >= 4 is 10.2 Å². The summed E-state index contributed by atoms with van der Waals surface area (Å²) in [5.41, 5.74) is 0. The van der Waals surface area contributed by atoms with Crippen LogP contribution < -0.4 is 0 Å². The number of aliphatic hydroxyl groups is 1. The standard InChI is InChI=1S/C9H20N2O3S/c1-10(7-4-8-12)15(13,14)11(2)9-5-3-6-9/h9,12H,3-8H2,1-2H3. The lowest BCUT2D eigenvalue weighted by atomic mass is 9.94. The van der Waals surface area contributed by atoms with E-state index < -0.39 is 10.2 Å². The molecule has 0 spiro atoms. The number of aliphatic hydroxyl groups excluding tert-OH is 1. The number of nitrogens with zero attached hydrogens (tertiary/aromatic N) is 2. The largest absolute Gasteiger partial charge is 0.396 e. The highest BCUT2D eigenvalue weighted by atomic mass is 32.2. The quantitative estimate of drug-likeness (QED) is 0.708. The molecule has 0 aromatic heterocycles. The Hall–Kier alpha value is -0.170. The molecule has 0 aliphatic heterocycles. The zero-order chi connectivity index (χ0) is 11.5. The zero-order valence-corrected chi connectivity index (χ0v) is 10.2. The first-order valence-corrected chi connectivity index (χ1v) is 6.70. The number of hydrogen-bond acceptors (Lipinski definition) is 3. The van der Waals surface area contributed by atoms with Crippen LogP contribution in [0.4, 0.5) is 0 Å².